The molecular formula is C19H30N2O. The lowest BCUT2D eigenvalue weighted by atomic mass is 9.70. The lowest BCUT2D eigenvalue weighted by molar-refractivity contribution is -0.117. The van der Waals surface area contributed by atoms with E-state index in [9.17, 15) is 4.79 Å². The number of hydrogen-bond acceptors (Lipinski definition) is 2. The summed E-state index contributed by atoms with van der Waals surface area (Å²) in [5, 5.41) is 0. The molecular weight excluding hydrogens is 272 g/mol. The molecule has 0 saturated heterocycles. The summed E-state index contributed by atoms with van der Waals surface area (Å²) in [5.74, 6) is 0.844. The highest BCUT2D eigenvalue weighted by atomic mass is 16.1. The van der Waals surface area contributed by atoms with Gasteiger partial charge >= 0.3 is 0 Å². The molecule has 0 heterocycles. The molecule has 1 aliphatic carbocycles. The summed E-state index contributed by atoms with van der Waals surface area (Å²) in [6.07, 6.45) is 1.50. The second-order valence-corrected chi connectivity index (χ2v) is 7.43. The van der Waals surface area contributed by atoms with Gasteiger partial charge in [-0.05, 0) is 42.7 Å². The minimum absolute atomic E-state index is 0.0283. The Bertz CT molecular complexity index is 587. The summed E-state index contributed by atoms with van der Waals surface area (Å²) in [4.78, 5) is 16.9. The zero-order valence-corrected chi connectivity index (χ0v) is 15.1. The van der Waals surface area contributed by atoms with Gasteiger partial charge in [-0.2, -0.15) is 0 Å². The van der Waals surface area contributed by atoms with Crippen LogP contribution in [-0.4, -0.2) is 18.7 Å². The molecule has 0 fully saturated rings. The molecule has 0 saturated carbocycles. The third-order valence-corrected chi connectivity index (χ3v) is 4.13. The van der Waals surface area contributed by atoms with Gasteiger partial charge in [0, 0.05) is 24.6 Å². The van der Waals surface area contributed by atoms with Crippen molar-refractivity contribution in [2.24, 2.45) is 22.1 Å². The number of nitrogens with zero attached hydrogens (tertiary/aromatic N) is 1. The predicted octanol–water partition coefficient (Wildman–Crippen LogP) is 4.21. The van der Waals surface area contributed by atoms with Crippen molar-refractivity contribution < 1.29 is 4.79 Å². The fraction of sp³-hybridized carbons (Fsp3) is 0.579. The van der Waals surface area contributed by atoms with Gasteiger partial charge in [0.2, 0.25) is 0 Å². The van der Waals surface area contributed by atoms with Crippen molar-refractivity contribution in [3.8, 4) is 0 Å². The number of ketones is 1. The number of hydrogen-bond donors (Lipinski definition) is 1. The van der Waals surface area contributed by atoms with Gasteiger partial charge in [-0.1, -0.05) is 39.8 Å². The van der Waals surface area contributed by atoms with Gasteiger partial charge in [-0.15, -0.1) is 0 Å². The average molecular weight is 302 g/mol. The number of rotatable bonds is 4. The van der Waals surface area contributed by atoms with E-state index >= 15 is 0 Å². The normalized spacial score (nSPS) is 20.4. The van der Waals surface area contributed by atoms with Gasteiger partial charge in [-0.3, -0.25) is 9.79 Å². The van der Waals surface area contributed by atoms with Crippen LogP contribution >= 0.6 is 0 Å². The van der Waals surface area contributed by atoms with E-state index in [0.717, 1.165) is 34.3 Å². The van der Waals surface area contributed by atoms with Crippen molar-refractivity contribution in [1.29, 1.82) is 0 Å². The van der Waals surface area contributed by atoms with E-state index in [1.165, 1.54) is 0 Å². The van der Waals surface area contributed by atoms with Crippen molar-refractivity contribution in [3.63, 3.8) is 0 Å². The van der Waals surface area contributed by atoms with Crippen LogP contribution in [0.3, 0.4) is 0 Å². The monoisotopic (exact) mass is 302 g/mol. The zero-order chi connectivity index (χ0) is 17.2. The molecule has 122 valence electrons. The number of Topliss-reactive ketones (excluding diaryl/α,β-unsaturated/α-hetero) is 1. The maximum Gasteiger partial charge on any atom is 0.163 e. The fourth-order valence-electron chi connectivity index (χ4n) is 3.41. The molecule has 0 unspecified atom stereocenters. The van der Waals surface area contributed by atoms with Gasteiger partial charge in [0.15, 0.2) is 5.78 Å². The van der Waals surface area contributed by atoms with Crippen LogP contribution < -0.4 is 5.73 Å². The van der Waals surface area contributed by atoms with E-state index in [4.69, 9.17) is 5.73 Å². The Labute approximate surface area is 135 Å². The van der Waals surface area contributed by atoms with Crippen molar-refractivity contribution >= 4 is 11.6 Å². The smallest absolute Gasteiger partial charge is 0.163 e. The van der Waals surface area contributed by atoms with Gasteiger partial charge < -0.3 is 5.73 Å². The molecule has 0 aromatic carbocycles. The summed E-state index contributed by atoms with van der Waals surface area (Å²) < 4.78 is 0. The molecule has 0 amide bonds. The number of amidine groups is 1. The van der Waals surface area contributed by atoms with Crippen molar-refractivity contribution in [2.45, 2.75) is 54.4 Å². The number of nitrogens with two attached hydrogens (primary N) is 1. The molecule has 3 nitrogen and oxygen atoms in total. The Balaban J connectivity index is 3.69. The molecule has 0 bridgehead atoms. The second kappa shape index (κ2) is 6.64. The first-order valence-electron chi connectivity index (χ1n) is 7.87. The molecule has 2 N–H and O–H groups in total. The molecule has 0 aliphatic heterocycles. The average Bonchev–Trinajstić information content (AvgIpc) is 2.33. The Kier molecular flexibility index (Phi) is 5.55. The Morgan fingerprint density at radius 3 is 2.23 bits per heavy atom. The molecule has 3 heteroatoms. The van der Waals surface area contributed by atoms with Crippen molar-refractivity contribution in [2.75, 3.05) is 7.05 Å². The maximum absolute atomic E-state index is 12.8. The Morgan fingerprint density at radius 2 is 1.86 bits per heavy atom. The molecule has 1 rings (SSSR count). The largest absolute Gasteiger partial charge is 0.383 e. The Morgan fingerprint density at radius 1 is 1.32 bits per heavy atom. The van der Waals surface area contributed by atoms with Gasteiger partial charge in [0.05, 0.1) is 0 Å². The van der Waals surface area contributed by atoms with E-state index in [-0.39, 0.29) is 17.1 Å². The molecule has 0 atom stereocenters. The van der Waals surface area contributed by atoms with Gasteiger partial charge in [0.1, 0.15) is 5.84 Å². The first-order valence-corrected chi connectivity index (χ1v) is 7.87. The SMILES string of the molecule is C=C(C)/C(C(N)=NC)=C(\C1=C(C)CC(C)(C)CC1=O)C(C)C. The minimum atomic E-state index is 0.0283. The summed E-state index contributed by atoms with van der Waals surface area (Å²) in [7, 11) is 1.67. The van der Waals surface area contributed by atoms with Gasteiger partial charge in [-0.25, -0.2) is 0 Å². The first-order chi connectivity index (χ1) is 10.0. The standard InChI is InChI=1S/C19H30N2O/c1-11(2)15(16(12(3)4)18(20)21-8)17-13(5)9-19(6,7)10-14(17)22/h11H,3,9-10H2,1-2,4-8H3,(H2,20,21)/b16-15+. The summed E-state index contributed by atoms with van der Waals surface area (Å²) in [6, 6.07) is 0. The third kappa shape index (κ3) is 3.76. The Hall–Kier alpha value is -1.64. The van der Waals surface area contributed by atoms with Crippen LogP contribution in [0.5, 0.6) is 0 Å². The van der Waals surface area contributed by atoms with Crippen LogP contribution in [0.4, 0.5) is 0 Å². The van der Waals surface area contributed by atoms with Crippen LogP contribution in [0, 0.1) is 11.3 Å². The predicted molar refractivity (Wildman–Crippen MR) is 94.9 cm³/mol. The molecule has 0 radical (unpaired) electrons. The highest BCUT2D eigenvalue weighted by molar-refractivity contribution is 6.08. The third-order valence-electron chi connectivity index (χ3n) is 4.13. The summed E-state index contributed by atoms with van der Waals surface area (Å²) >= 11 is 0. The molecule has 0 spiro atoms. The van der Waals surface area contributed by atoms with Crippen LogP contribution in [-0.2, 0) is 4.79 Å². The zero-order valence-electron chi connectivity index (χ0n) is 15.1. The fourth-order valence-corrected chi connectivity index (χ4v) is 3.41. The lowest BCUT2D eigenvalue weighted by Gasteiger charge is -2.33. The van der Waals surface area contributed by atoms with Crippen LogP contribution in [0.15, 0.2) is 39.4 Å². The molecule has 1 aliphatic rings. The number of carbonyl (C=O) groups is 1. The van der Waals surface area contributed by atoms with Gasteiger partial charge in [0.25, 0.3) is 0 Å². The quantitative estimate of drug-likeness (QED) is 0.480. The van der Waals surface area contributed by atoms with Crippen LogP contribution in [0.2, 0.25) is 0 Å². The topological polar surface area (TPSA) is 55.4 Å². The number of carbonyl (C=O) groups excluding carboxylic acids is 1. The van der Waals surface area contributed by atoms with E-state index in [1.807, 2.05) is 6.92 Å². The minimum Gasteiger partial charge on any atom is -0.383 e. The molecule has 0 aromatic rings. The highest BCUT2D eigenvalue weighted by Gasteiger charge is 2.34. The van der Waals surface area contributed by atoms with E-state index < -0.39 is 0 Å². The summed E-state index contributed by atoms with van der Waals surface area (Å²) in [6.45, 7) is 16.5. The molecule has 22 heavy (non-hydrogen) atoms. The number of aliphatic imine (C=N–C) groups is 1. The van der Waals surface area contributed by atoms with Crippen molar-refractivity contribution in [1.82, 2.24) is 0 Å². The van der Waals surface area contributed by atoms with E-state index in [1.54, 1.807) is 7.05 Å². The van der Waals surface area contributed by atoms with E-state index in [2.05, 4.69) is 46.2 Å². The second-order valence-electron chi connectivity index (χ2n) is 7.43. The van der Waals surface area contributed by atoms with Crippen LogP contribution in [0.1, 0.15) is 54.4 Å². The van der Waals surface area contributed by atoms with Crippen molar-refractivity contribution in [3.05, 3.63) is 34.4 Å². The van der Waals surface area contributed by atoms with E-state index in [0.29, 0.717) is 12.3 Å². The van der Waals surface area contributed by atoms with Crippen LogP contribution in [0.25, 0.3) is 0 Å². The maximum atomic E-state index is 12.8. The number of allylic oxidation sites excluding steroid dienone is 3. The lowest BCUT2D eigenvalue weighted by Crippen LogP contribution is -2.29. The molecule has 0 aromatic heterocycles. The highest BCUT2D eigenvalue weighted by Crippen LogP contribution is 2.41. The first kappa shape index (κ1) is 18.4. The summed E-state index contributed by atoms with van der Waals surface area (Å²) in [5.41, 5.74) is 10.8.